The smallest absolute Gasteiger partial charge is 0.364 e. The molecule has 38 heavy (non-hydrogen) atoms. The van der Waals surface area contributed by atoms with E-state index in [0.717, 1.165) is 26.1 Å². The first-order valence-corrected chi connectivity index (χ1v) is 12.8. The van der Waals surface area contributed by atoms with E-state index in [9.17, 15) is 4.79 Å². The zero-order valence-corrected chi connectivity index (χ0v) is 22.5. The average molecular weight is 540 g/mol. The highest BCUT2D eigenvalue weighted by Gasteiger charge is 2.08. The molecule has 0 fully saturated rings. The molecular formula is C26H41N3O9. The lowest BCUT2D eigenvalue weighted by Gasteiger charge is -2.22. The van der Waals surface area contributed by atoms with E-state index in [1.807, 2.05) is 0 Å². The van der Waals surface area contributed by atoms with Crippen molar-refractivity contribution in [3.63, 3.8) is 0 Å². The van der Waals surface area contributed by atoms with Crippen molar-refractivity contribution < 1.29 is 37.6 Å². The number of rotatable bonds is 24. The number of nitrogens with zero attached hydrogens (tertiary/aromatic N) is 2. The second-order valence-corrected chi connectivity index (χ2v) is 8.21. The molecule has 0 aliphatic heterocycles. The number of methoxy groups -OCH3 is 2. The van der Waals surface area contributed by atoms with Crippen LogP contribution in [-0.2, 0) is 28.4 Å². The number of nitrogens with one attached hydrogen (secondary N) is 1. The van der Waals surface area contributed by atoms with Gasteiger partial charge in [-0.15, -0.1) is 0 Å². The Morgan fingerprint density at radius 2 is 1.34 bits per heavy atom. The summed E-state index contributed by atoms with van der Waals surface area (Å²) in [6.07, 6.45) is 0.791. The van der Waals surface area contributed by atoms with Crippen LogP contribution < -0.4 is 10.4 Å². The second kappa shape index (κ2) is 20.5. The Morgan fingerprint density at radius 3 is 1.92 bits per heavy atom. The summed E-state index contributed by atoms with van der Waals surface area (Å²) in [5, 5.41) is 3.86. The summed E-state index contributed by atoms with van der Waals surface area (Å²) >= 11 is 0. The van der Waals surface area contributed by atoms with Crippen LogP contribution in [0.3, 0.4) is 0 Å². The van der Waals surface area contributed by atoms with E-state index < -0.39 is 5.63 Å². The van der Waals surface area contributed by atoms with Gasteiger partial charge < -0.3 is 37.6 Å². The van der Waals surface area contributed by atoms with Crippen molar-refractivity contribution in [2.24, 2.45) is 5.11 Å². The minimum Gasteiger partial charge on any atom is -0.493 e. The number of ether oxygens (including phenoxy) is 7. The molecule has 0 bridgehead atoms. The molecule has 0 atom stereocenters. The van der Waals surface area contributed by atoms with Crippen LogP contribution in [-0.4, -0.2) is 111 Å². The van der Waals surface area contributed by atoms with E-state index in [2.05, 4.69) is 10.0 Å². The fourth-order valence-corrected chi connectivity index (χ4v) is 3.38. The molecule has 0 spiro atoms. The maximum atomic E-state index is 11.8. The molecule has 0 radical (unpaired) electrons. The summed E-state index contributed by atoms with van der Waals surface area (Å²) in [5.74, 6) is 0.608. The summed E-state index contributed by atoms with van der Waals surface area (Å²) in [5.41, 5.74) is 6.76. The normalized spacial score (nSPS) is 11.4. The SMILES string of the molecule is COCCOCCOCCN(CCCOc1ccc2cc(N=N)c(=O)oc2c1)CCOCCOCCOC. The van der Waals surface area contributed by atoms with Crippen molar-refractivity contribution in [1.82, 2.24) is 4.90 Å². The molecule has 0 amide bonds. The Morgan fingerprint density at radius 1 is 0.763 bits per heavy atom. The van der Waals surface area contributed by atoms with Crippen LogP contribution in [0.15, 0.2) is 38.6 Å². The summed E-state index contributed by atoms with van der Waals surface area (Å²) in [6, 6.07) is 6.78. The largest absolute Gasteiger partial charge is 0.493 e. The molecule has 0 saturated carbocycles. The maximum absolute atomic E-state index is 11.8. The third kappa shape index (κ3) is 13.4. The lowest BCUT2D eigenvalue weighted by molar-refractivity contribution is 0.00895. The summed E-state index contributed by atoms with van der Waals surface area (Å²) in [7, 11) is 3.29. The number of fused-ring (bicyclic) bond motifs is 1. The monoisotopic (exact) mass is 539 g/mol. The predicted molar refractivity (Wildman–Crippen MR) is 141 cm³/mol. The van der Waals surface area contributed by atoms with Gasteiger partial charge in [-0.2, -0.15) is 5.11 Å². The van der Waals surface area contributed by atoms with Gasteiger partial charge >= 0.3 is 5.63 Å². The topological polar surface area (TPSA) is 134 Å². The molecule has 2 aromatic rings. The quantitative estimate of drug-likeness (QED) is 0.121. The van der Waals surface area contributed by atoms with E-state index in [1.54, 1.807) is 32.4 Å². The van der Waals surface area contributed by atoms with Gasteiger partial charge in [-0.05, 0) is 24.6 Å². The molecule has 1 heterocycles. The highest BCUT2D eigenvalue weighted by atomic mass is 16.5. The molecule has 0 unspecified atom stereocenters. The molecule has 12 heteroatoms. The van der Waals surface area contributed by atoms with Crippen LogP contribution >= 0.6 is 0 Å². The van der Waals surface area contributed by atoms with Gasteiger partial charge in [0.1, 0.15) is 11.3 Å². The Labute approximate surface area is 223 Å². The highest BCUT2D eigenvalue weighted by molar-refractivity contribution is 5.80. The maximum Gasteiger partial charge on any atom is 0.364 e. The highest BCUT2D eigenvalue weighted by Crippen LogP contribution is 2.22. The van der Waals surface area contributed by atoms with Crippen molar-refractivity contribution in [3.8, 4) is 5.75 Å². The molecule has 0 saturated heterocycles. The van der Waals surface area contributed by atoms with Crippen molar-refractivity contribution in [3.05, 3.63) is 34.7 Å². The summed E-state index contributed by atoms with van der Waals surface area (Å²) < 4.78 is 43.3. The van der Waals surface area contributed by atoms with Crippen molar-refractivity contribution in [1.29, 1.82) is 5.53 Å². The predicted octanol–water partition coefficient (Wildman–Crippen LogP) is 2.89. The molecule has 0 aliphatic rings. The number of hydrogen-bond acceptors (Lipinski definition) is 12. The first-order valence-electron chi connectivity index (χ1n) is 12.8. The Kier molecular flexibility index (Phi) is 17.1. The van der Waals surface area contributed by atoms with Crippen LogP contribution in [0.25, 0.3) is 11.0 Å². The van der Waals surface area contributed by atoms with Gasteiger partial charge in [0.15, 0.2) is 5.69 Å². The molecule has 1 aromatic heterocycles. The second-order valence-electron chi connectivity index (χ2n) is 8.21. The van der Waals surface area contributed by atoms with Crippen LogP contribution in [0.4, 0.5) is 5.69 Å². The van der Waals surface area contributed by atoms with Crippen LogP contribution in [0, 0.1) is 5.53 Å². The molecule has 1 N–H and O–H groups in total. The van der Waals surface area contributed by atoms with Gasteiger partial charge in [0, 0.05) is 45.3 Å². The van der Waals surface area contributed by atoms with Crippen LogP contribution in [0.1, 0.15) is 6.42 Å². The van der Waals surface area contributed by atoms with Crippen molar-refractivity contribution in [2.45, 2.75) is 6.42 Å². The van der Waals surface area contributed by atoms with E-state index in [-0.39, 0.29) is 5.69 Å². The molecule has 1 aromatic carbocycles. The molecular weight excluding hydrogens is 498 g/mol. The van der Waals surface area contributed by atoms with Crippen LogP contribution in [0.2, 0.25) is 0 Å². The number of hydrogen-bond donors (Lipinski definition) is 1. The molecule has 2 rings (SSSR count). The fraction of sp³-hybridized carbons (Fsp3) is 0.654. The van der Waals surface area contributed by atoms with Gasteiger partial charge in [-0.3, -0.25) is 4.90 Å². The molecule has 12 nitrogen and oxygen atoms in total. The summed E-state index contributed by atoms with van der Waals surface area (Å²) in [6.45, 7) is 8.40. The van der Waals surface area contributed by atoms with Gasteiger partial charge in [0.25, 0.3) is 0 Å². The first kappa shape index (κ1) is 31.8. The summed E-state index contributed by atoms with van der Waals surface area (Å²) in [4.78, 5) is 14.1. The molecule has 0 aliphatic carbocycles. The zero-order valence-electron chi connectivity index (χ0n) is 22.5. The lowest BCUT2D eigenvalue weighted by atomic mass is 10.2. The van der Waals surface area contributed by atoms with E-state index in [0.29, 0.717) is 89.4 Å². The standard InChI is InChI=1S/C26H41N3O9/c1-31-12-14-35-18-16-33-10-7-29(8-11-34-17-19-36-15-13-32-2)6-3-9-37-23-5-4-22-20-24(28-27)26(30)38-25(22)21-23/h4-5,20-21,27H,3,6-19H2,1-2H3. The Balaban J connectivity index is 1.72. The third-order valence-electron chi connectivity index (χ3n) is 5.41. The third-order valence-corrected chi connectivity index (χ3v) is 5.41. The van der Waals surface area contributed by atoms with E-state index in [4.69, 9.17) is 43.1 Å². The minimum atomic E-state index is -0.646. The van der Waals surface area contributed by atoms with Crippen molar-refractivity contribution >= 4 is 16.7 Å². The fourth-order valence-electron chi connectivity index (χ4n) is 3.38. The van der Waals surface area contributed by atoms with Gasteiger partial charge in [0.05, 0.1) is 72.7 Å². The van der Waals surface area contributed by atoms with E-state index >= 15 is 0 Å². The van der Waals surface area contributed by atoms with E-state index in [1.165, 1.54) is 6.07 Å². The van der Waals surface area contributed by atoms with Gasteiger partial charge in [0.2, 0.25) is 0 Å². The first-order chi connectivity index (χ1) is 18.7. The Hall–Kier alpha value is -2.45. The van der Waals surface area contributed by atoms with Gasteiger partial charge in [-0.25, -0.2) is 10.3 Å². The minimum absolute atomic E-state index is 0.0311. The van der Waals surface area contributed by atoms with Crippen molar-refractivity contribution in [2.75, 3.05) is 107 Å². The zero-order chi connectivity index (χ0) is 27.3. The average Bonchev–Trinajstić information content (AvgIpc) is 2.93. The molecule has 214 valence electrons. The number of benzene rings is 1. The van der Waals surface area contributed by atoms with Gasteiger partial charge in [-0.1, -0.05) is 0 Å². The lowest BCUT2D eigenvalue weighted by Crippen LogP contribution is -2.33. The Bertz CT molecular complexity index is 937. The van der Waals surface area contributed by atoms with Crippen LogP contribution in [0.5, 0.6) is 5.75 Å².